The molecule has 0 bridgehead atoms. The summed E-state index contributed by atoms with van der Waals surface area (Å²) in [5.41, 5.74) is 0. The van der Waals surface area contributed by atoms with E-state index in [0.29, 0.717) is 6.04 Å². The third-order valence-corrected chi connectivity index (χ3v) is 2.34. The van der Waals surface area contributed by atoms with Crippen LogP contribution in [0.4, 0.5) is 0 Å². The van der Waals surface area contributed by atoms with Crippen LogP contribution in [0.2, 0.25) is 0 Å². The van der Waals surface area contributed by atoms with Gasteiger partial charge in [0.15, 0.2) is 0 Å². The highest BCUT2D eigenvalue weighted by molar-refractivity contribution is 4.75. The molecule has 0 amide bonds. The summed E-state index contributed by atoms with van der Waals surface area (Å²) in [6.45, 7) is 10.8. The predicted octanol–water partition coefficient (Wildman–Crippen LogP) is 1.25. The summed E-state index contributed by atoms with van der Waals surface area (Å²) in [4.78, 5) is 2.53. The third kappa shape index (κ3) is 3.37. The lowest BCUT2D eigenvalue weighted by molar-refractivity contribution is 0.205. The van der Waals surface area contributed by atoms with Crippen LogP contribution >= 0.6 is 0 Å². The summed E-state index contributed by atoms with van der Waals surface area (Å²) in [7, 11) is 0. The highest BCUT2D eigenvalue weighted by Crippen LogP contribution is 2.01. The molecule has 2 nitrogen and oxygen atoms in total. The van der Waals surface area contributed by atoms with Gasteiger partial charge in [0.1, 0.15) is 0 Å². The van der Waals surface area contributed by atoms with Gasteiger partial charge in [-0.15, -0.1) is 6.58 Å². The molecule has 0 aliphatic carbocycles. The van der Waals surface area contributed by atoms with Crippen molar-refractivity contribution in [1.29, 1.82) is 0 Å². The minimum atomic E-state index is 0.669. The van der Waals surface area contributed by atoms with Crippen LogP contribution in [0.3, 0.4) is 0 Å². The van der Waals surface area contributed by atoms with E-state index < -0.39 is 0 Å². The van der Waals surface area contributed by atoms with Crippen molar-refractivity contribution in [2.45, 2.75) is 25.8 Å². The molecule has 1 aliphatic rings. The second kappa shape index (κ2) is 5.33. The van der Waals surface area contributed by atoms with E-state index in [0.717, 1.165) is 13.0 Å². The molecule has 1 N–H and O–H groups in total. The first kappa shape index (κ1) is 9.75. The van der Waals surface area contributed by atoms with Gasteiger partial charge in [0.2, 0.25) is 0 Å². The van der Waals surface area contributed by atoms with Crippen LogP contribution in [0, 0.1) is 0 Å². The molecular weight excluding hydrogens is 148 g/mol. The van der Waals surface area contributed by atoms with Crippen LogP contribution in [0.5, 0.6) is 0 Å². The number of nitrogens with one attached hydrogen (secondary N) is 1. The number of rotatable bonds is 4. The monoisotopic (exact) mass is 168 g/mol. The summed E-state index contributed by atoms with van der Waals surface area (Å²) < 4.78 is 0. The zero-order valence-electron chi connectivity index (χ0n) is 8.05. The number of piperazine rings is 1. The second-order valence-electron chi connectivity index (χ2n) is 3.59. The Balaban J connectivity index is 2.09. The van der Waals surface area contributed by atoms with Gasteiger partial charge in [-0.1, -0.05) is 6.08 Å². The molecule has 0 aromatic carbocycles. The van der Waals surface area contributed by atoms with Gasteiger partial charge < -0.3 is 10.2 Å². The van der Waals surface area contributed by atoms with Gasteiger partial charge in [-0.05, 0) is 26.3 Å². The number of hydrogen-bond acceptors (Lipinski definition) is 2. The molecule has 1 aliphatic heterocycles. The van der Waals surface area contributed by atoms with Crippen LogP contribution in [0.1, 0.15) is 19.8 Å². The number of nitrogens with zero attached hydrogens (tertiary/aromatic N) is 1. The molecule has 0 unspecified atom stereocenters. The Morgan fingerprint density at radius 2 is 2.50 bits per heavy atom. The summed E-state index contributed by atoms with van der Waals surface area (Å²) in [6, 6.07) is 0.669. The molecule has 2 heteroatoms. The van der Waals surface area contributed by atoms with Gasteiger partial charge in [0.05, 0.1) is 0 Å². The van der Waals surface area contributed by atoms with Gasteiger partial charge in [-0.25, -0.2) is 0 Å². The van der Waals surface area contributed by atoms with E-state index in [1.807, 2.05) is 6.08 Å². The van der Waals surface area contributed by atoms with Crippen molar-refractivity contribution in [2.75, 3.05) is 26.2 Å². The molecular formula is C10H20N2. The molecule has 12 heavy (non-hydrogen) atoms. The number of hydrogen-bond donors (Lipinski definition) is 1. The Kier molecular flexibility index (Phi) is 4.33. The van der Waals surface area contributed by atoms with E-state index in [1.54, 1.807) is 0 Å². The quantitative estimate of drug-likeness (QED) is 0.502. The van der Waals surface area contributed by atoms with Gasteiger partial charge in [-0.3, -0.25) is 0 Å². The predicted molar refractivity (Wildman–Crippen MR) is 53.3 cm³/mol. The minimum absolute atomic E-state index is 0.669. The zero-order valence-corrected chi connectivity index (χ0v) is 8.05. The van der Waals surface area contributed by atoms with Gasteiger partial charge in [0, 0.05) is 25.7 Å². The molecule has 1 fully saturated rings. The lowest BCUT2D eigenvalue weighted by atomic mass is 10.2. The number of unbranched alkanes of at least 4 members (excludes halogenated alkanes) is 1. The van der Waals surface area contributed by atoms with Crippen LogP contribution in [-0.4, -0.2) is 37.1 Å². The molecule has 1 heterocycles. The smallest absolute Gasteiger partial charge is 0.0167 e. The highest BCUT2D eigenvalue weighted by atomic mass is 15.2. The first-order chi connectivity index (χ1) is 5.83. The summed E-state index contributed by atoms with van der Waals surface area (Å²) in [5.74, 6) is 0. The highest BCUT2D eigenvalue weighted by Gasteiger charge is 2.13. The molecule has 1 atom stereocenters. The van der Waals surface area contributed by atoms with Crippen LogP contribution in [0.25, 0.3) is 0 Å². The minimum Gasteiger partial charge on any atom is -0.312 e. The maximum Gasteiger partial charge on any atom is 0.0167 e. The Morgan fingerprint density at radius 1 is 1.67 bits per heavy atom. The molecule has 0 saturated carbocycles. The second-order valence-corrected chi connectivity index (χ2v) is 3.59. The van der Waals surface area contributed by atoms with E-state index in [9.17, 15) is 0 Å². The van der Waals surface area contributed by atoms with Crippen molar-refractivity contribution >= 4 is 0 Å². The topological polar surface area (TPSA) is 15.3 Å². The van der Waals surface area contributed by atoms with Crippen molar-refractivity contribution < 1.29 is 0 Å². The largest absolute Gasteiger partial charge is 0.312 e. The fraction of sp³-hybridized carbons (Fsp3) is 0.800. The Bertz CT molecular complexity index is 134. The van der Waals surface area contributed by atoms with Gasteiger partial charge in [-0.2, -0.15) is 0 Å². The van der Waals surface area contributed by atoms with E-state index in [1.165, 1.54) is 26.1 Å². The Morgan fingerprint density at radius 3 is 3.17 bits per heavy atom. The van der Waals surface area contributed by atoms with Crippen molar-refractivity contribution in [3.63, 3.8) is 0 Å². The third-order valence-electron chi connectivity index (χ3n) is 2.34. The maximum atomic E-state index is 3.73. The molecule has 1 saturated heterocycles. The fourth-order valence-electron chi connectivity index (χ4n) is 1.67. The average molecular weight is 168 g/mol. The maximum absolute atomic E-state index is 3.73. The van der Waals surface area contributed by atoms with E-state index in [-0.39, 0.29) is 0 Å². The average Bonchev–Trinajstić information content (AvgIpc) is 2.05. The van der Waals surface area contributed by atoms with E-state index >= 15 is 0 Å². The Hall–Kier alpha value is -0.340. The van der Waals surface area contributed by atoms with Gasteiger partial charge in [0.25, 0.3) is 0 Å². The summed E-state index contributed by atoms with van der Waals surface area (Å²) >= 11 is 0. The first-order valence-electron chi connectivity index (χ1n) is 4.89. The lowest BCUT2D eigenvalue weighted by Crippen LogP contribution is -2.49. The molecule has 0 aromatic heterocycles. The molecule has 1 rings (SSSR count). The van der Waals surface area contributed by atoms with Crippen LogP contribution < -0.4 is 5.32 Å². The zero-order chi connectivity index (χ0) is 8.81. The van der Waals surface area contributed by atoms with E-state index in [4.69, 9.17) is 0 Å². The molecule has 70 valence electrons. The van der Waals surface area contributed by atoms with Crippen molar-refractivity contribution in [2.24, 2.45) is 0 Å². The first-order valence-corrected chi connectivity index (χ1v) is 4.89. The number of allylic oxidation sites excluding steroid dienone is 1. The van der Waals surface area contributed by atoms with Crippen LogP contribution in [0.15, 0.2) is 12.7 Å². The summed E-state index contributed by atoms with van der Waals surface area (Å²) in [6.07, 6.45) is 4.42. The molecule has 0 spiro atoms. The van der Waals surface area contributed by atoms with Crippen molar-refractivity contribution in [1.82, 2.24) is 10.2 Å². The van der Waals surface area contributed by atoms with Crippen LogP contribution in [-0.2, 0) is 0 Å². The molecule has 0 radical (unpaired) electrons. The normalized spacial score (nSPS) is 25.6. The van der Waals surface area contributed by atoms with Gasteiger partial charge >= 0.3 is 0 Å². The SMILES string of the molecule is C=CCCCN1CCN[C@@H](C)C1. The molecule has 0 aromatic rings. The van der Waals surface area contributed by atoms with Crippen molar-refractivity contribution in [3.05, 3.63) is 12.7 Å². The fourth-order valence-corrected chi connectivity index (χ4v) is 1.67. The Labute approximate surface area is 75.6 Å². The van der Waals surface area contributed by atoms with E-state index in [2.05, 4.69) is 23.7 Å². The lowest BCUT2D eigenvalue weighted by Gasteiger charge is -2.31. The van der Waals surface area contributed by atoms with Crippen molar-refractivity contribution in [3.8, 4) is 0 Å². The standard InChI is InChI=1S/C10H20N2/c1-3-4-5-7-12-8-6-11-10(2)9-12/h3,10-11H,1,4-9H2,2H3/t10-/m0/s1. The summed E-state index contributed by atoms with van der Waals surface area (Å²) in [5, 5.41) is 3.44.